The van der Waals surface area contributed by atoms with Crippen molar-refractivity contribution >= 4 is 11.4 Å². The molecule has 0 bridgehead atoms. The van der Waals surface area contributed by atoms with Crippen molar-refractivity contribution in [3.63, 3.8) is 0 Å². The lowest BCUT2D eigenvalue weighted by Crippen LogP contribution is -2.18. The maximum atomic E-state index is 8.65. The SMILES string of the molecule is COC(C)CNc1ccc(N)c(CC#N)c1. The number of hydrogen-bond acceptors (Lipinski definition) is 4. The smallest absolute Gasteiger partial charge is 0.0715 e. The molecule has 0 amide bonds. The summed E-state index contributed by atoms with van der Waals surface area (Å²) in [4.78, 5) is 0. The van der Waals surface area contributed by atoms with E-state index in [1.807, 2.05) is 25.1 Å². The second kappa shape index (κ2) is 5.99. The molecule has 0 heterocycles. The van der Waals surface area contributed by atoms with Crippen molar-refractivity contribution in [1.29, 1.82) is 5.26 Å². The van der Waals surface area contributed by atoms with Gasteiger partial charge in [0.25, 0.3) is 0 Å². The number of hydrogen-bond donors (Lipinski definition) is 2. The second-order valence-corrected chi connectivity index (χ2v) is 3.68. The van der Waals surface area contributed by atoms with Crippen molar-refractivity contribution in [2.24, 2.45) is 0 Å². The fourth-order valence-corrected chi connectivity index (χ4v) is 1.30. The van der Waals surface area contributed by atoms with E-state index in [1.54, 1.807) is 7.11 Å². The van der Waals surface area contributed by atoms with Crippen LogP contribution in [-0.2, 0) is 11.2 Å². The molecule has 16 heavy (non-hydrogen) atoms. The summed E-state index contributed by atoms with van der Waals surface area (Å²) >= 11 is 0. The lowest BCUT2D eigenvalue weighted by atomic mass is 10.1. The summed E-state index contributed by atoms with van der Waals surface area (Å²) in [5.74, 6) is 0. The first-order valence-electron chi connectivity index (χ1n) is 5.19. The minimum Gasteiger partial charge on any atom is -0.398 e. The van der Waals surface area contributed by atoms with Gasteiger partial charge < -0.3 is 15.8 Å². The third kappa shape index (κ3) is 3.44. The van der Waals surface area contributed by atoms with Gasteiger partial charge in [-0.1, -0.05) is 0 Å². The van der Waals surface area contributed by atoms with E-state index in [1.165, 1.54) is 0 Å². The quantitative estimate of drug-likeness (QED) is 0.740. The summed E-state index contributed by atoms with van der Waals surface area (Å²) in [6, 6.07) is 7.71. The summed E-state index contributed by atoms with van der Waals surface area (Å²) < 4.78 is 5.13. The first-order valence-corrected chi connectivity index (χ1v) is 5.19. The Bertz CT molecular complexity index is 384. The van der Waals surface area contributed by atoms with E-state index in [9.17, 15) is 0 Å². The summed E-state index contributed by atoms with van der Waals surface area (Å²) in [5, 5.41) is 11.9. The van der Waals surface area contributed by atoms with Gasteiger partial charge in [-0.05, 0) is 30.7 Å². The number of ether oxygens (including phenoxy) is 1. The third-order valence-corrected chi connectivity index (χ3v) is 2.41. The lowest BCUT2D eigenvalue weighted by Gasteiger charge is -2.13. The molecule has 0 aliphatic carbocycles. The predicted octanol–water partition coefficient (Wildman–Crippen LogP) is 1.78. The fraction of sp³-hybridized carbons (Fsp3) is 0.417. The molecular formula is C12H17N3O. The zero-order valence-corrected chi connectivity index (χ0v) is 9.66. The van der Waals surface area contributed by atoms with Gasteiger partial charge in [-0.2, -0.15) is 5.26 Å². The molecule has 0 spiro atoms. The first-order chi connectivity index (χ1) is 7.67. The van der Waals surface area contributed by atoms with Crippen molar-refractivity contribution in [1.82, 2.24) is 0 Å². The van der Waals surface area contributed by atoms with Gasteiger partial charge in [0.1, 0.15) is 0 Å². The molecule has 1 aromatic carbocycles. The Morgan fingerprint density at radius 3 is 2.94 bits per heavy atom. The topological polar surface area (TPSA) is 71.1 Å². The molecule has 4 heteroatoms. The Hall–Kier alpha value is -1.73. The van der Waals surface area contributed by atoms with Crippen LogP contribution >= 0.6 is 0 Å². The molecule has 0 saturated carbocycles. The highest BCUT2D eigenvalue weighted by Gasteiger charge is 2.02. The summed E-state index contributed by atoms with van der Waals surface area (Å²) in [6.45, 7) is 2.72. The van der Waals surface area contributed by atoms with Crippen LogP contribution in [0.15, 0.2) is 18.2 Å². The van der Waals surface area contributed by atoms with Gasteiger partial charge in [-0.3, -0.25) is 0 Å². The molecule has 1 aromatic rings. The van der Waals surface area contributed by atoms with Gasteiger partial charge in [0.05, 0.1) is 18.6 Å². The van der Waals surface area contributed by atoms with Gasteiger partial charge in [0.15, 0.2) is 0 Å². The van der Waals surface area contributed by atoms with E-state index >= 15 is 0 Å². The third-order valence-electron chi connectivity index (χ3n) is 2.41. The van der Waals surface area contributed by atoms with Crippen molar-refractivity contribution in [3.05, 3.63) is 23.8 Å². The van der Waals surface area contributed by atoms with Crippen molar-refractivity contribution in [3.8, 4) is 6.07 Å². The number of methoxy groups -OCH3 is 1. The molecule has 1 unspecified atom stereocenters. The van der Waals surface area contributed by atoms with E-state index in [0.29, 0.717) is 12.1 Å². The summed E-state index contributed by atoms with van der Waals surface area (Å²) in [6.07, 6.45) is 0.484. The second-order valence-electron chi connectivity index (χ2n) is 3.68. The van der Waals surface area contributed by atoms with Gasteiger partial charge in [-0.15, -0.1) is 0 Å². The average Bonchev–Trinajstić information content (AvgIpc) is 2.30. The number of nitriles is 1. The highest BCUT2D eigenvalue weighted by molar-refractivity contribution is 5.58. The standard InChI is InChI=1S/C12H17N3O/c1-9(16-2)8-15-11-3-4-12(14)10(7-11)5-6-13/h3-4,7,9,15H,5,8,14H2,1-2H3. The molecule has 0 saturated heterocycles. The zero-order chi connectivity index (χ0) is 12.0. The molecule has 1 rings (SSSR count). The number of nitrogens with one attached hydrogen (secondary N) is 1. The number of anilines is 2. The minimum absolute atomic E-state index is 0.150. The Kier molecular flexibility index (Phi) is 4.62. The molecule has 0 aliphatic rings. The maximum absolute atomic E-state index is 8.65. The van der Waals surface area contributed by atoms with Crippen LogP contribution in [0.2, 0.25) is 0 Å². The minimum atomic E-state index is 0.150. The van der Waals surface area contributed by atoms with E-state index in [4.69, 9.17) is 15.7 Å². The Labute approximate surface area is 96.0 Å². The number of nitrogen functional groups attached to an aromatic ring is 1. The van der Waals surface area contributed by atoms with Crippen LogP contribution < -0.4 is 11.1 Å². The van der Waals surface area contributed by atoms with Gasteiger partial charge in [0.2, 0.25) is 0 Å². The molecule has 0 aliphatic heterocycles. The van der Waals surface area contributed by atoms with Crippen molar-refractivity contribution in [2.75, 3.05) is 24.7 Å². The number of nitrogens with zero attached hydrogens (tertiary/aromatic N) is 1. The Morgan fingerprint density at radius 1 is 1.56 bits per heavy atom. The maximum Gasteiger partial charge on any atom is 0.0715 e. The summed E-state index contributed by atoms with van der Waals surface area (Å²) in [7, 11) is 1.68. The molecule has 3 N–H and O–H groups in total. The Morgan fingerprint density at radius 2 is 2.31 bits per heavy atom. The normalized spacial score (nSPS) is 11.8. The first kappa shape index (κ1) is 12.3. The van der Waals surface area contributed by atoms with Crippen molar-refractivity contribution in [2.45, 2.75) is 19.4 Å². The molecule has 86 valence electrons. The molecule has 0 fully saturated rings. The zero-order valence-electron chi connectivity index (χ0n) is 9.66. The van der Waals surface area contributed by atoms with Gasteiger partial charge >= 0.3 is 0 Å². The van der Waals surface area contributed by atoms with Crippen LogP contribution in [0, 0.1) is 11.3 Å². The van der Waals surface area contributed by atoms with Crippen LogP contribution in [-0.4, -0.2) is 19.8 Å². The van der Waals surface area contributed by atoms with Crippen molar-refractivity contribution < 1.29 is 4.74 Å². The van der Waals surface area contributed by atoms with Crippen LogP contribution in [0.3, 0.4) is 0 Å². The summed E-state index contributed by atoms with van der Waals surface area (Å²) in [5.41, 5.74) is 8.23. The number of benzene rings is 1. The van der Waals surface area contributed by atoms with E-state index in [0.717, 1.165) is 17.8 Å². The van der Waals surface area contributed by atoms with E-state index < -0.39 is 0 Å². The van der Waals surface area contributed by atoms with E-state index in [2.05, 4.69) is 11.4 Å². The largest absolute Gasteiger partial charge is 0.398 e. The van der Waals surface area contributed by atoms with Crippen LogP contribution in [0.1, 0.15) is 12.5 Å². The van der Waals surface area contributed by atoms with Gasteiger partial charge in [0, 0.05) is 25.0 Å². The average molecular weight is 219 g/mol. The lowest BCUT2D eigenvalue weighted by molar-refractivity contribution is 0.129. The highest BCUT2D eigenvalue weighted by atomic mass is 16.5. The number of nitrogens with two attached hydrogens (primary N) is 1. The van der Waals surface area contributed by atoms with Crippen LogP contribution in [0.4, 0.5) is 11.4 Å². The molecule has 1 atom stereocenters. The molecule has 0 aromatic heterocycles. The highest BCUT2D eigenvalue weighted by Crippen LogP contribution is 2.18. The number of rotatable bonds is 5. The predicted molar refractivity (Wildman–Crippen MR) is 65.1 cm³/mol. The monoisotopic (exact) mass is 219 g/mol. The van der Waals surface area contributed by atoms with Gasteiger partial charge in [-0.25, -0.2) is 0 Å². The van der Waals surface area contributed by atoms with E-state index in [-0.39, 0.29) is 6.10 Å². The van der Waals surface area contributed by atoms with Crippen LogP contribution in [0.25, 0.3) is 0 Å². The fourth-order valence-electron chi connectivity index (χ4n) is 1.30. The Balaban J connectivity index is 2.68. The molecular weight excluding hydrogens is 202 g/mol. The molecule has 0 radical (unpaired) electrons. The van der Waals surface area contributed by atoms with Crippen LogP contribution in [0.5, 0.6) is 0 Å². The molecule has 4 nitrogen and oxygen atoms in total.